The third-order valence-electron chi connectivity index (χ3n) is 4.99. The number of aliphatic imine (C=N–C) groups is 1. The van der Waals surface area contributed by atoms with Gasteiger partial charge in [0.15, 0.2) is 5.82 Å². The van der Waals surface area contributed by atoms with Gasteiger partial charge in [0.25, 0.3) is 0 Å². The predicted molar refractivity (Wildman–Crippen MR) is 126 cm³/mol. The lowest BCUT2D eigenvalue weighted by Gasteiger charge is -2.36. The van der Waals surface area contributed by atoms with E-state index in [9.17, 15) is 18.0 Å². The number of halogens is 4. The highest BCUT2D eigenvalue weighted by atomic mass is 35.5. The molecule has 1 aliphatic rings. The summed E-state index contributed by atoms with van der Waals surface area (Å²) in [7, 11) is 1.61. The van der Waals surface area contributed by atoms with Crippen LogP contribution in [0.25, 0.3) is 0 Å². The molecule has 8 nitrogen and oxygen atoms in total. The Hall–Kier alpha value is -3.86. The van der Waals surface area contributed by atoms with Gasteiger partial charge in [0, 0.05) is 47.0 Å². The van der Waals surface area contributed by atoms with E-state index in [0.29, 0.717) is 33.2 Å². The Balaban J connectivity index is 1.79. The Morgan fingerprint density at radius 2 is 1.91 bits per heavy atom. The topological polar surface area (TPSA) is 99.7 Å². The molecule has 3 N–H and O–H groups in total. The summed E-state index contributed by atoms with van der Waals surface area (Å²) in [6.07, 6.45) is -1.47. The third-order valence-corrected chi connectivity index (χ3v) is 5.24. The maximum Gasteiger partial charge on any atom is 0.405 e. The first kappa shape index (κ1) is 23.3. The van der Waals surface area contributed by atoms with Gasteiger partial charge >= 0.3 is 12.2 Å². The number of amides is 2. The number of aromatic nitrogens is 2. The van der Waals surface area contributed by atoms with Crippen molar-refractivity contribution in [2.45, 2.75) is 12.7 Å². The number of nitrogen functional groups attached to an aromatic ring is 1. The fourth-order valence-corrected chi connectivity index (χ4v) is 3.55. The van der Waals surface area contributed by atoms with Crippen LogP contribution in [0.1, 0.15) is 11.1 Å². The van der Waals surface area contributed by atoms with Gasteiger partial charge in [0.2, 0.25) is 5.95 Å². The molecule has 12 heteroatoms. The summed E-state index contributed by atoms with van der Waals surface area (Å²) < 4.78 is 38.0. The van der Waals surface area contributed by atoms with Crippen molar-refractivity contribution in [3.63, 3.8) is 0 Å². The molecule has 2 heterocycles. The van der Waals surface area contributed by atoms with E-state index in [-0.39, 0.29) is 18.3 Å². The minimum Gasteiger partial charge on any atom is -0.398 e. The molecule has 2 amide bonds. The molecule has 34 heavy (non-hydrogen) atoms. The van der Waals surface area contributed by atoms with Crippen LogP contribution in [0.4, 0.5) is 46.8 Å². The van der Waals surface area contributed by atoms with Crippen LogP contribution in [0.5, 0.6) is 0 Å². The summed E-state index contributed by atoms with van der Waals surface area (Å²) in [5.41, 5.74) is 8.66. The van der Waals surface area contributed by atoms with Crippen molar-refractivity contribution in [3.05, 3.63) is 64.8 Å². The van der Waals surface area contributed by atoms with Crippen molar-refractivity contribution in [2.75, 3.05) is 34.4 Å². The van der Waals surface area contributed by atoms with Crippen molar-refractivity contribution in [1.82, 2.24) is 9.97 Å². The molecule has 2 aromatic carbocycles. The van der Waals surface area contributed by atoms with E-state index in [1.165, 1.54) is 16.0 Å². The van der Waals surface area contributed by atoms with Gasteiger partial charge in [0.05, 0.1) is 12.2 Å². The minimum absolute atomic E-state index is 0.102. The lowest BCUT2D eigenvalue weighted by atomic mass is 10.1. The summed E-state index contributed by atoms with van der Waals surface area (Å²) in [5.74, 6) is -0.0701. The number of fused-ring (bicyclic) bond motifs is 1. The van der Waals surface area contributed by atoms with Gasteiger partial charge < -0.3 is 11.1 Å². The zero-order chi connectivity index (χ0) is 24.5. The number of nitrogens with zero attached hydrogens (tertiary/aromatic N) is 5. The van der Waals surface area contributed by atoms with Crippen LogP contribution in [0.15, 0.2) is 53.7 Å². The minimum atomic E-state index is -4.45. The molecule has 0 fully saturated rings. The molecule has 0 saturated heterocycles. The van der Waals surface area contributed by atoms with E-state index in [0.717, 1.165) is 0 Å². The summed E-state index contributed by atoms with van der Waals surface area (Å²) in [5, 5.41) is 2.61. The van der Waals surface area contributed by atoms with Crippen LogP contribution >= 0.6 is 11.6 Å². The van der Waals surface area contributed by atoms with E-state index in [2.05, 4.69) is 20.3 Å². The van der Waals surface area contributed by atoms with Crippen molar-refractivity contribution >= 4 is 52.7 Å². The number of rotatable bonds is 5. The molecule has 176 valence electrons. The Labute approximate surface area is 197 Å². The number of benzene rings is 2. The molecule has 0 radical (unpaired) electrons. The van der Waals surface area contributed by atoms with E-state index < -0.39 is 18.8 Å². The second-order valence-corrected chi connectivity index (χ2v) is 7.83. The standard InChI is InChI=1S/C22H19ClF3N7O/c1-28-9-13-8-17(6-7-18(13)27)32-11-14-10-29-20(30-12-22(24,25)26)31-19(14)33(21(32)34)16-4-2-15(23)3-5-16/h2-10H,11-12,27H2,1H3,(H,29,30,31). The number of carbonyl (C=O) groups excluding carboxylic acids is 1. The second-order valence-electron chi connectivity index (χ2n) is 7.39. The molecular formula is C22H19ClF3N7O. The monoisotopic (exact) mass is 489 g/mol. The van der Waals surface area contributed by atoms with Gasteiger partial charge in [-0.1, -0.05) is 11.6 Å². The average molecular weight is 490 g/mol. The molecule has 0 atom stereocenters. The first-order chi connectivity index (χ1) is 16.2. The lowest BCUT2D eigenvalue weighted by Crippen LogP contribution is -2.45. The van der Waals surface area contributed by atoms with Crippen molar-refractivity contribution in [1.29, 1.82) is 0 Å². The first-order valence-electron chi connectivity index (χ1n) is 10.0. The maximum absolute atomic E-state index is 13.6. The van der Waals surface area contributed by atoms with Crippen LogP contribution in [0.2, 0.25) is 5.02 Å². The number of anilines is 5. The number of urea groups is 1. The fourth-order valence-electron chi connectivity index (χ4n) is 3.42. The normalized spacial score (nSPS) is 14.0. The Bertz CT molecular complexity index is 1250. The molecule has 0 spiro atoms. The molecule has 1 aliphatic heterocycles. The lowest BCUT2D eigenvalue weighted by molar-refractivity contribution is -0.115. The smallest absolute Gasteiger partial charge is 0.398 e. The average Bonchev–Trinajstić information content (AvgIpc) is 2.79. The van der Waals surface area contributed by atoms with Crippen molar-refractivity contribution in [2.24, 2.45) is 4.99 Å². The largest absolute Gasteiger partial charge is 0.405 e. The number of hydrogen-bond donors (Lipinski definition) is 2. The van der Waals surface area contributed by atoms with Gasteiger partial charge in [-0.05, 0) is 42.5 Å². The highest BCUT2D eigenvalue weighted by Crippen LogP contribution is 2.37. The molecular weight excluding hydrogens is 471 g/mol. The van der Waals surface area contributed by atoms with Gasteiger partial charge in [-0.25, -0.2) is 14.7 Å². The predicted octanol–water partition coefficient (Wildman–Crippen LogP) is 5.01. The first-order valence-corrected chi connectivity index (χ1v) is 10.4. The zero-order valence-corrected chi connectivity index (χ0v) is 18.6. The van der Waals surface area contributed by atoms with Crippen LogP contribution in [-0.4, -0.2) is 42.0 Å². The highest BCUT2D eigenvalue weighted by Gasteiger charge is 2.35. The van der Waals surface area contributed by atoms with Gasteiger partial charge in [0.1, 0.15) is 6.54 Å². The highest BCUT2D eigenvalue weighted by molar-refractivity contribution is 6.30. The Morgan fingerprint density at radius 3 is 2.59 bits per heavy atom. The van der Waals surface area contributed by atoms with E-state index in [4.69, 9.17) is 17.3 Å². The molecule has 0 unspecified atom stereocenters. The van der Waals surface area contributed by atoms with E-state index in [1.54, 1.807) is 55.7 Å². The third kappa shape index (κ3) is 4.88. The molecule has 3 aromatic rings. The zero-order valence-electron chi connectivity index (χ0n) is 17.8. The van der Waals surface area contributed by atoms with Crippen molar-refractivity contribution in [3.8, 4) is 0 Å². The Morgan fingerprint density at radius 1 is 1.21 bits per heavy atom. The number of alkyl halides is 3. The van der Waals surface area contributed by atoms with Crippen LogP contribution in [0.3, 0.4) is 0 Å². The van der Waals surface area contributed by atoms with Gasteiger partial charge in [-0.15, -0.1) is 0 Å². The maximum atomic E-state index is 13.6. The van der Waals surface area contributed by atoms with E-state index >= 15 is 0 Å². The second kappa shape index (κ2) is 9.18. The van der Waals surface area contributed by atoms with Crippen LogP contribution in [0, 0.1) is 0 Å². The molecule has 0 bridgehead atoms. The summed E-state index contributed by atoms with van der Waals surface area (Å²) in [6.45, 7) is -1.20. The summed E-state index contributed by atoms with van der Waals surface area (Å²) in [4.78, 5) is 28.7. The number of carbonyl (C=O) groups is 1. The number of nitrogens with two attached hydrogens (primary N) is 1. The van der Waals surface area contributed by atoms with Gasteiger partial charge in [-0.3, -0.25) is 9.89 Å². The van der Waals surface area contributed by atoms with Gasteiger partial charge in [-0.2, -0.15) is 18.2 Å². The fraction of sp³-hybridized carbons (Fsp3) is 0.182. The summed E-state index contributed by atoms with van der Waals surface area (Å²) >= 11 is 6.00. The summed E-state index contributed by atoms with van der Waals surface area (Å²) in [6, 6.07) is 11.1. The number of hydrogen-bond acceptors (Lipinski definition) is 6. The Kier molecular flexibility index (Phi) is 6.29. The quantitative estimate of drug-likeness (QED) is 0.387. The number of nitrogens with one attached hydrogen (secondary N) is 1. The molecule has 0 saturated carbocycles. The molecule has 4 rings (SSSR count). The SMILES string of the molecule is CN=Cc1cc(N2Cc3cnc(NCC(F)(F)F)nc3N(c3ccc(Cl)cc3)C2=O)ccc1N. The van der Waals surface area contributed by atoms with Crippen molar-refractivity contribution < 1.29 is 18.0 Å². The van der Waals surface area contributed by atoms with Crippen LogP contribution < -0.4 is 20.9 Å². The van der Waals surface area contributed by atoms with E-state index in [1.807, 2.05) is 0 Å². The molecule has 1 aromatic heterocycles. The molecule has 0 aliphatic carbocycles. The van der Waals surface area contributed by atoms with Crippen LogP contribution in [-0.2, 0) is 6.54 Å².